The van der Waals surface area contributed by atoms with Crippen molar-refractivity contribution in [1.82, 2.24) is 5.32 Å². The fraction of sp³-hybridized carbons (Fsp3) is 0.556. The van der Waals surface area contributed by atoms with Crippen molar-refractivity contribution in [2.45, 2.75) is 53.0 Å². The molecule has 2 rings (SSSR count). The molecule has 21 heavy (non-hydrogen) atoms. The van der Waals surface area contributed by atoms with Crippen molar-refractivity contribution in [1.29, 1.82) is 0 Å². The van der Waals surface area contributed by atoms with Crippen LogP contribution in [-0.4, -0.2) is 6.54 Å². The van der Waals surface area contributed by atoms with Gasteiger partial charge in [0.1, 0.15) is 5.58 Å². The Kier molecular flexibility index (Phi) is 5.72. The number of unbranched alkanes of at least 4 members (excludes halogenated alkanes) is 2. The number of rotatable bonds is 8. The second-order valence-electron chi connectivity index (χ2n) is 6.58. The summed E-state index contributed by atoms with van der Waals surface area (Å²) in [6.07, 6.45) is 5.16. The third kappa shape index (κ3) is 4.49. The first-order valence-electron chi connectivity index (χ1n) is 7.90. The maximum Gasteiger partial charge on any atom is 0.199 e. The molecule has 0 aliphatic carbocycles. The predicted octanol–water partition coefficient (Wildman–Crippen LogP) is 5.78. The van der Waals surface area contributed by atoms with Crippen LogP contribution in [0.25, 0.3) is 11.0 Å². The van der Waals surface area contributed by atoms with Crippen molar-refractivity contribution in [2.75, 3.05) is 6.54 Å². The van der Waals surface area contributed by atoms with Crippen molar-refractivity contribution in [3.8, 4) is 0 Å². The fourth-order valence-corrected chi connectivity index (χ4v) is 2.95. The SMILES string of the molecule is CCCCCC(C)(C)CNCc1c(Cl)oc2ccccc12. The zero-order valence-corrected chi connectivity index (χ0v) is 14.1. The van der Waals surface area contributed by atoms with Gasteiger partial charge in [0.25, 0.3) is 0 Å². The largest absolute Gasteiger partial charge is 0.444 e. The summed E-state index contributed by atoms with van der Waals surface area (Å²) in [6.45, 7) is 8.65. The summed E-state index contributed by atoms with van der Waals surface area (Å²) in [5.74, 6) is 0. The van der Waals surface area contributed by atoms with Gasteiger partial charge < -0.3 is 9.73 Å². The van der Waals surface area contributed by atoms with Gasteiger partial charge in [-0.25, -0.2) is 0 Å². The van der Waals surface area contributed by atoms with Gasteiger partial charge in [0.2, 0.25) is 0 Å². The molecule has 1 N–H and O–H groups in total. The molecule has 0 spiro atoms. The Morgan fingerprint density at radius 2 is 1.95 bits per heavy atom. The van der Waals surface area contributed by atoms with Crippen LogP contribution in [0.2, 0.25) is 5.22 Å². The van der Waals surface area contributed by atoms with E-state index in [1.165, 1.54) is 25.7 Å². The number of nitrogens with one attached hydrogen (secondary N) is 1. The molecule has 0 unspecified atom stereocenters. The summed E-state index contributed by atoms with van der Waals surface area (Å²) < 4.78 is 5.59. The molecule has 1 heterocycles. The summed E-state index contributed by atoms with van der Waals surface area (Å²) in [6, 6.07) is 8.01. The Morgan fingerprint density at radius 1 is 1.19 bits per heavy atom. The van der Waals surface area contributed by atoms with E-state index >= 15 is 0 Å². The van der Waals surface area contributed by atoms with Gasteiger partial charge in [-0.3, -0.25) is 0 Å². The van der Waals surface area contributed by atoms with Gasteiger partial charge in [-0.15, -0.1) is 0 Å². The van der Waals surface area contributed by atoms with Crippen molar-refractivity contribution < 1.29 is 4.42 Å². The maximum absolute atomic E-state index is 6.21. The third-order valence-electron chi connectivity index (χ3n) is 4.01. The first-order valence-corrected chi connectivity index (χ1v) is 8.28. The number of hydrogen-bond acceptors (Lipinski definition) is 2. The molecule has 116 valence electrons. The highest BCUT2D eigenvalue weighted by Crippen LogP contribution is 2.30. The molecule has 3 heteroatoms. The molecule has 0 aliphatic heterocycles. The van der Waals surface area contributed by atoms with Gasteiger partial charge in [-0.2, -0.15) is 0 Å². The summed E-state index contributed by atoms with van der Waals surface area (Å²) in [5.41, 5.74) is 2.25. The van der Waals surface area contributed by atoms with Gasteiger partial charge in [0.05, 0.1) is 0 Å². The van der Waals surface area contributed by atoms with E-state index in [2.05, 4.69) is 32.2 Å². The predicted molar refractivity (Wildman–Crippen MR) is 90.9 cm³/mol. The summed E-state index contributed by atoms with van der Waals surface area (Å²) in [4.78, 5) is 0. The van der Waals surface area contributed by atoms with Crippen molar-refractivity contribution in [3.05, 3.63) is 35.0 Å². The minimum absolute atomic E-state index is 0.321. The highest BCUT2D eigenvalue weighted by molar-refractivity contribution is 6.30. The first kappa shape index (κ1) is 16.4. The van der Waals surface area contributed by atoms with E-state index in [9.17, 15) is 0 Å². The minimum atomic E-state index is 0.321. The summed E-state index contributed by atoms with van der Waals surface area (Å²) in [7, 11) is 0. The lowest BCUT2D eigenvalue weighted by molar-refractivity contribution is 0.302. The zero-order chi connectivity index (χ0) is 15.3. The molecule has 1 aromatic heterocycles. The molecule has 0 radical (unpaired) electrons. The van der Waals surface area contributed by atoms with Crippen LogP contribution >= 0.6 is 11.6 Å². The Labute approximate surface area is 132 Å². The van der Waals surface area contributed by atoms with Gasteiger partial charge in [0, 0.05) is 24.0 Å². The quantitative estimate of drug-likeness (QED) is 0.625. The lowest BCUT2D eigenvalue weighted by Gasteiger charge is -2.25. The summed E-state index contributed by atoms with van der Waals surface area (Å²) >= 11 is 6.21. The van der Waals surface area contributed by atoms with Crippen molar-refractivity contribution >= 4 is 22.6 Å². The molecule has 2 nitrogen and oxygen atoms in total. The van der Waals surface area contributed by atoms with Crippen LogP contribution < -0.4 is 5.32 Å². The van der Waals surface area contributed by atoms with Gasteiger partial charge in [-0.1, -0.05) is 58.2 Å². The highest BCUT2D eigenvalue weighted by Gasteiger charge is 2.18. The van der Waals surface area contributed by atoms with Crippen molar-refractivity contribution in [2.24, 2.45) is 5.41 Å². The molecule has 0 atom stereocenters. The molecule has 0 amide bonds. The summed E-state index contributed by atoms with van der Waals surface area (Å²) in [5, 5.41) is 5.16. The average Bonchev–Trinajstić information content (AvgIpc) is 2.75. The van der Waals surface area contributed by atoms with Crippen LogP contribution in [0.4, 0.5) is 0 Å². The number of benzene rings is 1. The minimum Gasteiger partial charge on any atom is -0.444 e. The fourth-order valence-electron chi connectivity index (χ4n) is 2.70. The van der Waals surface area contributed by atoms with Crippen LogP contribution in [0.1, 0.15) is 52.0 Å². The Balaban J connectivity index is 1.91. The van der Waals surface area contributed by atoms with Gasteiger partial charge in [0.15, 0.2) is 5.22 Å². The second kappa shape index (κ2) is 7.33. The first-order chi connectivity index (χ1) is 10.0. The molecule has 0 bridgehead atoms. The average molecular weight is 308 g/mol. The molecular formula is C18H26ClNO. The van der Waals surface area contributed by atoms with E-state index in [1.54, 1.807) is 0 Å². The van der Waals surface area contributed by atoms with Crippen molar-refractivity contribution in [3.63, 3.8) is 0 Å². The van der Waals surface area contributed by atoms with E-state index in [-0.39, 0.29) is 0 Å². The highest BCUT2D eigenvalue weighted by atomic mass is 35.5. The van der Waals surface area contributed by atoms with Crippen LogP contribution in [0, 0.1) is 5.41 Å². The number of furan rings is 1. The molecule has 0 aliphatic rings. The van der Waals surface area contributed by atoms with Crippen LogP contribution in [0.15, 0.2) is 28.7 Å². The topological polar surface area (TPSA) is 25.2 Å². The van der Waals surface area contributed by atoms with Crippen LogP contribution in [-0.2, 0) is 6.54 Å². The number of hydrogen-bond donors (Lipinski definition) is 1. The maximum atomic E-state index is 6.21. The molecule has 0 fully saturated rings. The van der Waals surface area contributed by atoms with Gasteiger partial charge in [-0.05, 0) is 29.5 Å². The lowest BCUT2D eigenvalue weighted by Crippen LogP contribution is -2.29. The standard InChI is InChI=1S/C18H26ClNO/c1-4-5-8-11-18(2,3)13-20-12-15-14-9-6-7-10-16(14)21-17(15)19/h6-7,9-10,20H,4-5,8,11-13H2,1-3H3. The number of fused-ring (bicyclic) bond motifs is 1. The smallest absolute Gasteiger partial charge is 0.199 e. The van der Waals surface area contributed by atoms with E-state index in [1.807, 2.05) is 18.2 Å². The molecule has 2 aromatic rings. The second-order valence-corrected chi connectivity index (χ2v) is 6.92. The molecular weight excluding hydrogens is 282 g/mol. The molecule has 0 saturated heterocycles. The normalized spacial score (nSPS) is 12.2. The Bertz CT molecular complexity index is 574. The zero-order valence-electron chi connectivity index (χ0n) is 13.3. The third-order valence-corrected chi connectivity index (χ3v) is 4.32. The van der Waals surface area contributed by atoms with Crippen LogP contribution in [0.5, 0.6) is 0 Å². The molecule has 1 aromatic carbocycles. The van der Waals surface area contributed by atoms with Gasteiger partial charge >= 0.3 is 0 Å². The lowest BCUT2D eigenvalue weighted by atomic mass is 9.87. The number of para-hydroxylation sites is 1. The van der Waals surface area contributed by atoms with E-state index in [4.69, 9.17) is 16.0 Å². The van der Waals surface area contributed by atoms with E-state index in [0.29, 0.717) is 10.6 Å². The number of halogens is 1. The Hall–Kier alpha value is -0.990. The van der Waals surface area contributed by atoms with Crippen LogP contribution in [0.3, 0.4) is 0 Å². The Morgan fingerprint density at radius 3 is 2.71 bits per heavy atom. The van der Waals surface area contributed by atoms with E-state index in [0.717, 1.165) is 29.6 Å². The van der Waals surface area contributed by atoms with E-state index < -0.39 is 0 Å². The molecule has 0 saturated carbocycles. The monoisotopic (exact) mass is 307 g/mol.